The van der Waals surface area contributed by atoms with E-state index in [9.17, 15) is 30.6 Å². The van der Waals surface area contributed by atoms with Gasteiger partial charge < -0.3 is 50.7 Å². The van der Waals surface area contributed by atoms with Crippen LogP contribution in [0.25, 0.3) is 0 Å². The summed E-state index contributed by atoms with van der Waals surface area (Å²) in [7, 11) is 0. The summed E-state index contributed by atoms with van der Waals surface area (Å²) in [6, 6.07) is 5.24. The lowest BCUT2D eigenvalue weighted by Crippen LogP contribution is -2.59. The maximum Gasteiger partial charge on any atom is 0.157 e. The molecule has 2 saturated heterocycles. The summed E-state index contributed by atoms with van der Waals surface area (Å²) in [5.74, 6) is 0. The van der Waals surface area contributed by atoms with Crippen LogP contribution >= 0.6 is 0 Å². The lowest BCUT2D eigenvalue weighted by Gasteiger charge is -2.40. The highest BCUT2D eigenvalue weighted by atomic mass is 16.6. The van der Waals surface area contributed by atoms with Crippen LogP contribution in [0.15, 0.2) is 18.2 Å². The van der Waals surface area contributed by atoms with Crippen LogP contribution in [0.5, 0.6) is 0 Å². The van der Waals surface area contributed by atoms with Gasteiger partial charge in [-0.25, -0.2) is 0 Å². The number of aryl methyl sites for hydroxylation is 1. The topological polar surface area (TPSA) is 164 Å². The fourth-order valence-electron chi connectivity index (χ4n) is 3.53. The fraction of sp³-hybridized carbons (Fsp3) is 0.684. The van der Waals surface area contributed by atoms with Crippen molar-refractivity contribution in [3.8, 4) is 0 Å². The Bertz CT molecular complexity index is 707. The van der Waals surface area contributed by atoms with Gasteiger partial charge in [-0.15, -0.1) is 0 Å². The Balaban J connectivity index is 1.73. The van der Waals surface area contributed by atoms with Gasteiger partial charge >= 0.3 is 0 Å². The zero-order valence-electron chi connectivity index (χ0n) is 16.5. The first-order valence-electron chi connectivity index (χ1n) is 9.63. The standard InChI is InChI=1S/C19H30N2O8/c1-7-4-5-10(20-18-16(26)14(24)12(22)8(2)28-18)6-11(7)21-19-17(27)15(25)13(23)9(3)29-19/h4-6,8-9,12-27H,1-3H3/t8-,9-,12+,13+,14+,15+,16+,17+,18+,19+/m0/s1. The van der Waals surface area contributed by atoms with E-state index in [1.807, 2.05) is 6.92 Å². The zero-order valence-corrected chi connectivity index (χ0v) is 16.5. The van der Waals surface area contributed by atoms with Gasteiger partial charge in [0.25, 0.3) is 0 Å². The van der Waals surface area contributed by atoms with Crippen molar-refractivity contribution in [1.82, 2.24) is 0 Å². The van der Waals surface area contributed by atoms with E-state index in [0.717, 1.165) is 5.56 Å². The summed E-state index contributed by atoms with van der Waals surface area (Å²) in [6.07, 6.45) is -11.0. The molecule has 10 heteroatoms. The third-order valence-electron chi connectivity index (χ3n) is 5.55. The largest absolute Gasteiger partial charge is 0.388 e. The summed E-state index contributed by atoms with van der Waals surface area (Å²) in [4.78, 5) is 0. The molecule has 2 heterocycles. The smallest absolute Gasteiger partial charge is 0.157 e. The van der Waals surface area contributed by atoms with Crippen LogP contribution in [-0.2, 0) is 9.47 Å². The Morgan fingerprint density at radius 3 is 1.69 bits per heavy atom. The fourth-order valence-corrected chi connectivity index (χ4v) is 3.53. The molecule has 0 unspecified atom stereocenters. The molecule has 29 heavy (non-hydrogen) atoms. The number of hydrogen-bond donors (Lipinski definition) is 8. The molecular formula is C19H30N2O8. The summed E-state index contributed by atoms with van der Waals surface area (Å²) >= 11 is 0. The molecule has 0 spiro atoms. The van der Waals surface area contributed by atoms with Gasteiger partial charge in [0.1, 0.15) is 36.6 Å². The van der Waals surface area contributed by atoms with Crippen molar-refractivity contribution in [1.29, 1.82) is 0 Å². The van der Waals surface area contributed by atoms with Gasteiger partial charge in [-0.05, 0) is 38.5 Å². The molecule has 8 N–H and O–H groups in total. The molecule has 164 valence electrons. The van der Waals surface area contributed by atoms with E-state index in [1.54, 1.807) is 32.0 Å². The molecule has 2 fully saturated rings. The van der Waals surface area contributed by atoms with Crippen LogP contribution in [0.3, 0.4) is 0 Å². The van der Waals surface area contributed by atoms with Crippen LogP contribution in [0.1, 0.15) is 19.4 Å². The minimum absolute atomic E-state index is 0.553. The summed E-state index contributed by atoms with van der Waals surface area (Å²) < 4.78 is 11.1. The SMILES string of the molecule is Cc1ccc(N[C@@H]2O[C@@H](C)[C@@H](O)[C@@H](O)[C@H]2O)cc1N[C@@H]1O[C@@H](C)[C@@H](O)[C@@H](O)[C@H]1O. The molecule has 3 rings (SSSR count). The molecule has 0 aromatic heterocycles. The molecule has 0 aliphatic carbocycles. The van der Waals surface area contributed by atoms with Gasteiger partial charge in [-0.3, -0.25) is 0 Å². The Kier molecular flexibility index (Phi) is 6.66. The summed E-state index contributed by atoms with van der Waals surface area (Å²) in [5, 5.41) is 65.9. The number of anilines is 2. The van der Waals surface area contributed by atoms with E-state index in [1.165, 1.54) is 0 Å². The summed E-state index contributed by atoms with van der Waals surface area (Å²) in [5.41, 5.74) is 1.97. The number of ether oxygens (including phenoxy) is 2. The van der Waals surface area contributed by atoms with Crippen molar-refractivity contribution in [2.75, 3.05) is 10.6 Å². The van der Waals surface area contributed by atoms with E-state index in [0.29, 0.717) is 11.4 Å². The molecule has 1 aromatic rings. The number of nitrogens with one attached hydrogen (secondary N) is 2. The van der Waals surface area contributed by atoms with E-state index >= 15 is 0 Å². The summed E-state index contributed by atoms with van der Waals surface area (Å²) in [6.45, 7) is 5.03. The van der Waals surface area contributed by atoms with E-state index in [4.69, 9.17) is 9.47 Å². The van der Waals surface area contributed by atoms with Crippen molar-refractivity contribution in [2.45, 2.75) is 82.1 Å². The number of rotatable bonds is 4. The molecule has 0 saturated carbocycles. The highest BCUT2D eigenvalue weighted by Crippen LogP contribution is 2.28. The van der Waals surface area contributed by atoms with E-state index in [-0.39, 0.29) is 0 Å². The Hall–Kier alpha value is -1.50. The third kappa shape index (κ3) is 4.49. The number of hydrogen-bond acceptors (Lipinski definition) is 10. The molecule has 10 nitrogen and oxygen atoms in total. The molecule has 0 amide bonds. The second-order valence-corrected chi connectivity index (χ2v) is 7.79. The van der Waals surface area contributed by atoms with E-state index < -0.39 is 61.3 Å². The van der Waals surface area contributed by atoms with Crippen molar-refractivity contribution in [3.63, 3.8) is 0 Å². The number of aliphatic hydroxyl groups is 6. The average molecular weight is 414 g/mol. The van der Waals surface area contributed by atoms with Crippen molar-refractivity contribution < 1.29 is 40.1 Å². The number of aliphatic hydroxyl groups excluding tert-OH is 6. The molecule has 10 atom stereocenters. The highest BCUT2D eigenvalue weighted by Gasteiger charge is 2.43. The van der Waals surface area contributed by atoms with Crippen LogP contribution in [0, 0.1) is 6.92 Å². The van der Waals surface area contributed by atoms with Gasteiger partial charge in [-0.2, -0.15) is 0 Å². The first kappa shape index (κ1) is 22.2. The lowest BCUT2D eigenvalue weighted by atomic mass is 9.98. The molecule has 1 aromatic carbocycles. The van der Waals surface area contributed by atoms with Crippen LogP contribution in [0.4, 0.5) is 11.4 Å². The minimum atomic E-state index is -1.35. The highest BCUT2D eigenvalue weighted by molar-refractivity contribution is 5.61. The first-order valence-corrected chi connectivity index (χ1v) is 9.63. The Morgan fingerprint density at radius 2 is 1.17 bits per heavy atom. The maximum absolute atomic E-state index is 10.2. The minimum Gasteiger partial charge on any atom is -0.388 e. The molecule has 0 bridgehead atoms. The maximum atomic E-state index is 10.2. The van der Waals surface area contributed by atoms with Crippen LogP contribution < -0.4 is 10.6 Å². The molecule has 0 radical (unpaired) electrons. The molecular weight excluding hydrogens is 384 g/mol. The predicted molar refractivity (Wildman–Crippen MR) is 103 cm³/mol. The molecule has 2 aliphatic heterocycles. The van der Waals surface area contributed by atoms with Crippen LogP contribution in [-0.4, -0.2) is 91.9 Å². The van der Waals surface area contributed by atoms with Gasteiger partial charge in [0.2, 0.25) is 0 Å². The van der Waals surface area contributed by atoms with Crippen molar-refractivity contribution >= 4 is 11.4 Å². The molecule has 2 aliphatic rings. The number of benzene rings is 1. The van der Waals surface area contributed by atoms with E-state index in [2.05, 4.69) is 10.6 Å². The Morgan fingerprint density at radius 1 is 0.690 bits per heavy atom. The zero-order chi connectivity index (χ0) is 21.5. The van der Waals surface area contributed by atoms with Crippen molar-refractivity contribution in [2.24, 2.45) is 0 Å². The third-order valence-corrected chi connectivity index (χ3v) is 5.55. The average Bonchev–Trinajstić information content (AvgIpc) is 2.69. The van der Waals surface area contributed by atoms with Crippen molar-refractivity contribution in [3.05, 3.63) is 23.8 Å². The second-order valence-electron chi connectivity index (χ2n) is 7.79. The Labute approximate surface area is 168 Å². The second kappa shape index (κ2) is 8.70. The lowest BCUT2D eigenvalue weighted by molar-refractivity contribution is -0.209. The predicted octanol–water partition coefficient (Wildman–Crippen LogP) is -1.53. The van der Waals surface area contributed by atoms with Gasteiger partial charge in [0.15, 0.2) is 12.5 Å². The van der Waals surface area contributed by atoms with Crippen LogP contribution in [0.2, 0.25) is 0 Å². The quantitative estimate of drug-likeness (QED) is 0.290. The van der Waals surface area contributed by atoms with Gasteiger partial charge in [0.05, 0.1) is 12.2 Å². The first-order chi connectivity index (χ1) is 13.6. The monoisotopic (exact) mass is 414 g/mol. The van der Waals surface area contributed by atoms with Gasteiger partial charge in [-0.1, -0.05) is 6.07 Å². The normalized spacial score (nSPS) is 43.1. The van der Waals surface area contributed by atoms with Gasteiger partial charge in [0, 0.05) is 11.4 Å².